The van der Waals surface area contributed by atoms with E-state index in [-0.39, 0.29) is 17.8 Å². The van der Waals surface area contributed by atoms with Crippen molar-refractivity contribution < 1.29 is 23.1 Å². The SMILES string of the molecule is CSCC[C@H](NC(=O)c1ccc(CN2[C@@H](CS(C)(=O)=O)CC[C@H]2Cc2ccccc2)cc1-c1ccccc1C)C(=O)O. The van der Waals surface area contributed by atoms with E-state index in [9.17, 15) is 23.1 Å². The van der Waals surface area contributed by atoms with Crippen molar-refractivity contribution in [1.82, 2.24) is 10.2 Å². The summed E-state index contributed by atoms with van der Waals surface area (Å²) in [5.41, 5.74) is 5.23. The fourth-order valence-electron chi connectivity index (χ4n) is 5.83. The lowest BCUT2D eigenvalue weighted by Gasteiger charge is -2.30. The molecule has 9 heteroatoms. The number of thioether (sulfide) groups is 1. The van der Waals surface area contributed by atoms with Crippen molar-refractivity contribution >= 4 is 33.5 Å². The molecule has 0 unspecified atom stereocenters. The number of nitrogens with one attached hydrogen (secondary N) is 1. The third kappa shape index (κ3) is 8.46. The van der Waals surface area contributed by atoms with Gasteiger partial charge in [0.1, 0.15) is 15.9 Å². The average Bonchev–Trinajstić information content (AvgIpc) is 3.30. The lowest BCUT2D eigenvalue weighted by Crippen LogP contribution is -2.41. The van der Waals surface area contributed by atoms with Crippen molar-refractivity contribution in [2.24, 2.45) is 0 Å². The lowest BCUT2D eigenvalue weighted by atomic mass is 9.93. The highest BCUT2D eigenvalue weighted by atomic mass is 32.2. The Labute approximate surface area is 253 Å². The van der Waals surface area contributed by atoms with E-state index in [1.54, 1.807) is 6.07 Å². The molecule has 4 rings (SSSR count). The largest absolute Gasteiger partial charge is 0.480 e. The highest BCUT2D eigenvalue weighted by molar-refractivity contribution is 7.98. The summed E-state index contributed by atoms with van der Waals surface area (Å²) < 4.78 is 24.7. The van der Waals surface area contributed by atoms with Crippen LogP contribution in [0.1, 0.15) is 46.3 Å². The summed E-state index contributed by atoms with van der Waals surface area (Å²) in [5.74, 6) is -0.751. The van der Waals surface area contributed by atoms with E-state index in [2.05, 4.69) is 22.3 Å². The molecule has 1 heterocycles. The molecule has 1 aliphatic heterocycles. The standard InChI is InChI=1S/C33H40N2O5S2/c1-23-9-7-8-12-28(23)30-20-25(13-16-29(30)32(36)34-31(33(37)38)17-18-41-2)21-35-26(19-24-10-5-4-6-11-24)14-15-27(35)22-42(3,39)40/h4-13,16,20,26-27,31H,14-15,17-19,21-22H2,1-3H3,(H,34,36)(H,37,38)/t26-,27+,31-/m0/s1. The van der Waals surface area contributed by atoms with Crippen molar-refractivity contribution in [3.8, 4) is 11.1 Å². The number of carboxylic acid groups (broad SMARTS) is 1. The van der Waals surface area contributed by atoms with Crippen LogP contribution in [0.5, 0.6) is 0 Å². The van der Waals surface area contributed by atoms with Gasteiger partial charge in [-0.2, -0.15) is 11.8 Å². The molecule has 2 N–H and O–H groups in total. The minimum atomic E-state index is -3.17. The number of rotatable bonds is 13. The first-order valence-electron chi connectivity index (χ1n) is 14.2. The minimum absolute atomic E-state index is 0.0913. The number of hydrogen-bond acceptors (Lipinski definition) is 6. The quantitative estimate of drug-likeness (QED) is 0.274. The van der Waals surface area contributed by atoms with Crippen LogP contribution in [-0.2, 0) is 27.6 Å². The summed E-state index contributed by atoms with van der Waals surface area (Å²) in [6.07, 6.45) is 6.08. The van der Waals surface area contributed by atoms with Crippen LogP contribution in [0, 0.1) is 6.92 Å². The van der Waals surface area contributed by atoms with Crippen molar-refractivity contribution in [1.29, 1.82) is 0 Å². The fraction of sp³-hybridized carbons (Fsp3) is 0.394. The molecule has 42 heavy (non-hydrogen) atoms. The number of carboxylic acids is 1. The molecule has 0 aromatic heterocycles. The summed E-state index contributed by atoms with van der Waals surface area (Å²) in [6.45, 7) is 2.53. The van der Waals surface area contributed by atoms with Gasteiger partial charge in [-0.05, 0) is 84.6 Å². The Balaban J connectivity index is 1.68. The second-order valence-corrected chi connectivity index (χ2v) is 14.4. The Bertz CT molecular complexity index is 1490. The van der Waals surface area contributed by atoms with E-state index in [1.807, 2.05) is 67.8 Å². The Morgan fingerprint density at radius 3 is 2.33 bits per heavy atom. The molecule has 3 atom stereocenters. The third-order valence-electron chi connectivity index (χ3n) is 7.92. The maximum absolute atomic E-state index is 13.5. The zero-order valence-electron chi connectivity index (χ0n) is 24.5. The summed E-state index contributed by atoms with van der Waals surface area (Å²) in [5, 5.41) is 12.4. The van der Waals surface area contributed by atoms with E-state index in [0.29, 0.717) is 24.3 Å². The zero-order chi connectivity index (χ0) is 30.3. The molecule has 224 valence electrons. The molecule has 7 nitrogen and oxygen atoms in total. The first-order chi connectivity index (χ1) is 20.1. The molecule has 3 aromatic rings. The van der Waals surface area contributed by atoms with Gasteiger partial charge in [0, 0.05) is 30.4 Å². The van der Waals surface area contributed by atoms with Crippen LogP contribution in [0.15, 0.2) is 72.8 Å². The normalized spacial score (nSPS) is 18.1. The van der Waals surface area contributed by atoms with Gasteiger partial charge in [0.15, 0.2) is 0 Å². The predicted octanol–water partition coefficient (Wildman–Crippen LogP) is 5.22. The Kier molecular flexibility index (Phi) is 10.9. The second-order valence-electron chi connectivity index (χ2n) is 11.2. The molecule has 0 saturated carbocycles. The van der Waals surface area contributed by atoms with Gasteiger partial charge in [-0.25, -0.2) is 13.2 Å². The molecule has 1 aliphatic rings. The number of likely N-dealkylation sites (tertiary alicyclic amines) is 1. The molecule has 0 spiro atoms. The molecule has 0 radical (unpaired) electrons. The Hall–Kier alpha value is -3.14. The highest BCUT2D eigenvalue weighted by Gasteiger charge is 2.35. The van der Waals surface area contributed by atoms with Gasteiger partial charge in [-0.15, -0.1) is 0 Å². The van der Waals surface area contributed by atoms with Crippen LogP contribution < -0.4 is 5.32 Å². The first kappa shape index (κ1) is 31.8. The van der Waals surface area contributed by atoms with Crippen LogP contribution in [0.4, 0.5) is 0 Å². The fourth-order valence-corrected chi connectivity index (χ4v) is 7.36. The topological polar surface area (TPSA) is 104 Å². The number of hydrogen-bond donors (Lipinski definition) is 2. The molecule has 3 aromatic carbocycles. The Morgan fingerprint density at radius 1 is 0.976 bits per heavy atom. The van der Waals surface area contributed by atoms with Gasteiger partial charge in [0.25, 0.3) is 5.91 Å². The molecular formula is C33H40N2O5S2. The van der Waals surface area contributed by atoms with Crippen LogP contribution in [0.3, 0.4) is 0 Å². The molecule has 1 fully saturated rings. The van der Waals surface area contributed by atoms with E-state index in [1.165, 1.54) is 23.6 Å². The van der Waals surface area contributed by atoms with E-state index >= 15 is 0 Å². The van der Waals surface area contributed by atoms with E-state index in [4.69, 9.17) is 0 Å². The van der Waals surface area contributed by atoms with Crippen molar-refractivity contribution in [3.05, 3.63) is 95.1 Å². The summed E-state index contributed by atoms with van der Waals surface area (Å²) in [7, 11) is -3.17. The van der Waals surface area contributed by atoms with Gasteiger partial charge < -0.3 is 10.4 Å². The summed E-state index contributed by atoms with van der Waals surface area (Å²) >= 11 is 1.54. The number of benzene rings is 3. The highest BCUT2D eigenvalue weighted by Crippen LogP contribution is 2.33. The van der Waals surface area contributed by atoms with E-state index in [0.717, 1.165) is 41.5 Å². The summed E-state index contributed by atoms with van der Waals surface area (Å²) in [6, 6.07) is 22.9. The number of aryl methyl sites for hydroxylation is 1. The predicted molar refractivity (Wildman–Crippen MR) is 171 cm³/mol. The average molecular weight is 609 g/mol. The zero-order valence-corrected chi connectivity index (χ0v) is 26.1. The maximum Gasteiger partial charge on any atom is 0.326 e. The molecule has 0 aliphatic carbocycles. The number of aliphatic carboxylic acids is 1. The molecule has 0 bridgehead atoms. The van der Waals surface area contributed by atoms with Crippen LogP contribution in [-0.4, -0.2) is 72.4 Å². The monoisotopic (exact) mass is 608 g/mol. The molecule has 1 amide bonds. The smallest absolute Gasteiger partial charge is 0.326 e. The van der Waals surface area contributed by atoms with Gasteiger partial charge in [-0.3, -0.25) is 9.69 Å². The number of carbonyl (C=O) groups excluding carboxylic acids is 1. The van der Waals surface area contributed by atoms with Crippen molar-refractivity contribution in [2.45, 2.75) is 57.3 Å². The van der Waals surface area contributed by atoms with Crippen LogP contribution in [0.25, 0.3) is 11.1 Å². The van der Waals surface area contributed by atoms with E-state index < -0.39 is 27.8 Å². The number of carbonyl (C=O) groups is 2. The van der Waals surface area contributed by atoms with Gasteiger partial charge in [-0.1, -0.05) is 60.7 Å². The lowest BCUT2D eigenvalue weighted by molar-refractivity contribution is -0.139. The van der Waals surface area contributed by atoms with Gasteiger partial charge in [0.05, 0.1) is 5.75 Å². The minimum Gasteiger partial charge on any atom is -0.480 e. The second kappa shape index (κ2) is 14.4. The van der Waals surface area contributed by atoms with Crippen LogP contribution in [0.2, 0.25) is 0 Å². The van der Waals surface area contributed by atoms with Crippen molar-refractivity contribution in [2.75, 3.05) is 24.0 Å². The molecular weight excluding hydrogens is 569 g/mol. The maximum atomic E-state index is 13.5. The number of nitrogens with zero attached hydrogens (tertiary/aromatic N) is 1. The number of amides is 1. The first-order valence-corrected chi connectivity index (χ1v) is 17.7. The van der Waals surface area contributed by atoms with Gasteiger partial charge in [0.2, 0.25) is 0 Å². The van der Waals surface area contributed by atoms with Crippen molar-refractivity contribution in [3.63, 3.8) is 0 Å². The summed E-state index contributed by atoms with van der Waals surface area (Å²) in [4.78, 5) is 27.7. The molecule has 1 saturated heterocycles. The Morgan fingerprint density at radius 2 is 1.67 bits per heavy atom. The van der Waals surface area contributed by atoms with Crippen LogP contribution >= 0.6 is 11.8 Å². The third-order valence-corrected chi connectivity index (χ3v) is 9.56. The van der Waals surface area contributed by atoms with Gasteiger partial charge >= 0.3 is 5.97 Å². The number of sulfone groups is 1.